The molecule has 0 fully saturated rings. The minimum absolute atomic E-state index is 0.119. The standard InChI is InChI=1S/C13H17BrO/c1-4-6-10(3)13(15)11-8-5-7-9(2)12(11)14/h5,7-8,10H,4,6H2,1-3H3. The molecule has 1 nitrogen and oxygen atoms in total. The van der Waals surface area contributed by atoms with Crippen LogP contribution in [0.3, 0.4) is 0 Å². The molecule has 82 valence electrons. The van der Waals surface area contributed by atoms with Gasteiger partial charge in [0.15, 0.2) is 5.78 Å². The Kier molecular flexibility index (Phi) is 4.52. The van der Waals surface area contributed by atoms with E-state index in [1.165, 1.54) is 0 Å². The van der Waals surface area contributed by atoms with Crippen LogP contribution in [0.2, 0.25) is 0 Å². The highest BCUT2D eigenvalue weighted by molar-refractivity contribution is 9.10. The van der Waals surface area contributed by atoms with E-state index in [0.29, 0.717) is 0 Å². The average Bonchev–Trinajstić information content (AvgIpc) is 2.21. The number of ketones is 1. The second kappa shape index (κ2) is 5.45. The monoisotopic (exact) mass is 268 g/mol. The Morgan fingerprint density at radius 1 is 1.47 bits per heavy atom. The quantitative estimate of drug-likeness (QED) is 0.741. The van der Waals surface area contributed by atoms with E-state index in [1.54, 1.807) is 0 Å². The number of halogens is 1. The number of hydrogen-bond acceptors (Lipinski definition) is 1. The maximum absolute atomic E-state index is 12.1. The minimum atomic E-state index is 0.119. The number of hydrogen-bond donors (Lipinski definition) is 0. The molecule has 15 heavy (non-hydrogen) atoms. The lowest BCUT2D eigenvalue weighted by Gasteiger charge is -2.11. The van der Waals surface area contributed by atoms with Crippen molar-refractivity contribution in [3.8, 4) is 0 Å². The van der Waals surface area contributed by atoms with Crippen molar-refractivity contribution in [3.63, 3.8) is 0 Å². The lowest BCUT2D eigenvalue weighted by molar-refractivity contribution is 0.0922. The summed E-state index contributed by atoms with van der Waals surface area (Å²) in [5, 5.41) is 0. The van der Waals surface area contributed by atoms with Gasteiger partial charge in [-0.25, -0.2) is 0 Å². The van der Waals surface area contributed by atoms with Gasteiger partial charge in [0.2, 0.25) is 0 Å². The second-order valence-electron chi connectivity index (χ2n) is 3.99. The summed E-state index contributed by atoms with van der Waals surface area (Å²) in [5.74, 6) is 0.362. The molecule has 1 atom stereocenters. The lowest BCUT2D eigenvalue weighted by Crippen LogP contribution is -2.12. The minimum Gasteiger partial charge on any atom is -0.294 e. The fourth-order valence-electron chi connectivity index (χ4n) is 1.67. The van der Waals surface area contributed by atoms with Gasteiger partial charge in [0.25, 0.3) is 0 Å². The molecule has 2 heteroatoms. The summed E-state index contributed by atoms with van der Waals surface area (Å²) < 4.78 is 0.943. The molecule has 0 N–H and O–H groups in total. The Bertz CT molecular complexity index is 358. The zero-order chi connectivity index (χ0) is 11.4. The molecular weight excluding hydrogens is 252 g/mol. The molecule has 0 aliphatic heterocycles. The zero-order valence-corrected chi connectivity index (χ0v) is 11.1. The van der Waals surface area contributed by atoms with Crippen LogP contribution >= 0.6 is 15.9 Å². The Balaban J connectivity index is 2.96. The summed E-state index contributed by atoms with van der Waals surface area (Å²) in [7, 11) is 0. The molecule has 0 aliphatic carbocycles. The Morgan fingerprint density at radius 2 is 2.13 bits per heavy atom. The van der Waals surface area contributed by atoms with Gasteiger partial charge < -0.3 is 0 Å². The highest BCUT2D eigenvalue weighted by Gasteiger charge is 2.17. The lowest BCUT2D eigenvalue weighted by atomic mass is 9.94. The molecule has 1 aromatic rings. The first-order chi connectivity index (χ1) is 7.07. The zero-order valence-electron chi connectivity index (χ0n) is 9.51. The summed E-state index contributed by atoms with van der Waals surface area (Å²) in [6.07, 6.45) is 2.01. The van der Waals surface area contributed by atoms with Crippen LogP contribution < -0.4 is 0 Å². The molecule has 1 rings (SSSR count). The number of rotatable bonds is 4. The topological polar surface area (TPSA) is 17.1 Å². The predicted molar refractivity (Wildman–Crippen MR) is 67.3 cm³/mol. The van der Waals surface area contributed by atoms with Gasteiger partial charge in [-0.3, -0.25) is 4.79 Å². The van der Waals surface area contributed by atoms with E-state index in [2.05, 4.69) is 22.9 Å². The van der Waals surface area contributed by atoms with E-state index in [0.717, 1.165) is 28.4 Å². The molecule has 0 amide bonds. The maximum atomic E-state index is 12.1. The molecular formula is C13H17BrO. The molecule has 0 aromatic heterocycles. The van der Waals surface area contributed by atoms with Gasteiger partial charge in [-0.15, -0.1) is 0 Å². The van der Waals surface area contributed by atoms with Crippen molar-refractivity contribution in [3.05, 3.63) is 33.8 Å². The molecule has 0 aliphatic rings. The van der Waals surface area contributed by atoms with E-state index < -0.39 is 0 Å². The van der Waals surface area contributed by atoms with Gasteiger partial charge in [0.05, 0.1) is 0 Å². The number of carbonyl (C=O) groups excluding carboxylic acids is 1. The Hall–Kier alpha value is -0.630. The van der Waals surface area contributed by atoms with Gasteiger partial charge in [0.1, 0.15) is 0 Å². The van der Waals surface area contributed by atoms with Crippen molar-refractivity contribution in [1.82, 2.24) is 0 Å². The SMILES string of the molecule is CCCC(C)C(=O)c1cccc(C)c1Br. The molecule has 0 bridgehead atoms. The summed E-state index contributed by atoms with van der Waals surface area (Å²) in [5.41, 5.74) is 1.93. The van der Waals surface area contributed by atoms with E-state index in [4.69, 9.17) is 0 Å². The van der Waals surface area contributed by atoms with Crippen molar-refractivity contribution in [2.45, 2.75) is 33.6 Å². The third kappa shape index (κ3) is 2.91. The summed E-state index contributed by atoms with van der Waals surface area (Å²) >= 11 is 3.48. The van der Waals surface area contributed by atoms with Crippen LogP contribution in [0.5, 0.6) is 0 Å². The molecule has 0 saturated heterocycles. The van der Waals surface area contributed by atoms with Crippen molar-refractivity contribution < 1.29 is 4.79 Å². The number of carbonyl (C=O) groups is 1. The molecule has 0 radical (unpaired) electrons. The number of Topliss-reactive ketones (excluding diaryl/α,β-unsaturated/α-hetero) is 1. The van der Waals surface area contributed by atoms with Crippen LogP contribution in [-0.2, 0) is 0 Å². The number of aryl methyl sites for hydroxylation is 1. The van der Waals surface area contributed by atoms with Crippen molar-refractivity contribution in [1.29, 1.82) is 0 Å². The van der Waals surface area contributed by atoms with Crippen molar-refractivity contribution >= 4 is 21.7 Å². The molecule has 0 spiro atoms. The summed E-state index contributed by atoms with van der Waals surface area (Å²) in [6, 6.07) is 5.84. The molecule has 1 aromatic carbocycles. The van der Waals surface area contributed by atoms with Crippen LogP contribution in [0.25, 0.3) is 0 Å². The second-order valence-corrected chi connectivity index (χ2v) is 4.78. The molecule has 1 unspecified atom stereocenters. The summed E-state index contributed by atoms with van der Waals surface area (Å²) in [6.45, 7) is 6.11. The van der Waals surface area contributed by atoms with Crippen molar-refractivity contribution in [2.75, 3.05) is 0 Å². The maximum Gasteiger partial charge on any atom is 0.166 e. The molecule has 0 saturated carbocycles. The fraction of sp³-hybridized carbons (Fsp3) is 0.462. The van der Waals surface area contributed by atoms with Gasteiger partial charge in [-0.1, -0.05) is 38.5 Å². The van der Waals surface area contributed by atoms with E-state index in [9.17, 15) is 4.79 Å². The fourth-order valence-corrected chi connectivity index (χ4v) is 2.13. The smallest absolute Gasteiger partial charge is 0.166 e. The third-order valence-corrected chi connectivity index (χ3v) is 3.68. The van der Waals surface area contributed by atoms with Crippen LogP contribution in [0.1, 0.15) is 42.6 Å². The van der Waals surface area contributed by atoms with Gasteiger partial charge in [-0.2, -0.15) is 0 Å². The van der Waals surface area contributed by atoms with E-state index in [-0.39, 0.29) is 11.7 Å². The first kappa shape index (κ1) is 12.4. The predicted octanol–water partition coefficient (Wildman–Crippen LogP) is 4.38. The van der Waals surface area contributed by atoms with Crippen molar-refractivity contribution in [2.24, 2.45) is 5.92 Å². The normalized spacial score (nSPS) is 12.5. The van der Waals surface area contributed by atoms with Crippen LogP contribution in [0.4, 0.5) is 0 Å². The van der Waals surface area contributed by atoms with Crippen LogP contribution in [-0.4, -0.2) is 5.78 Å². The van der Waals surface area contributed by atoms with Crippen LogP contribution in [0, 0.1) is 12.8 Å². The first-order valence-electron chi connectivity index (χ1n) is 5.37. The van der Waals surface area contributed by atoms with Gasteiger partial charge >= 0.3 is 0 Å². The highest BCUT2D eigenvalue weighted by Crippen LogP contribution is 2.24. The Labute approximate surface area is 100 Å². The van der Waals surface area contributed by atoms with Crippen LogP contribution in [0.15, 0.2) is 22.7 Å². The number of benzene rings is 1. The Morgan fingerprint density at radius 3 is 2.73 bits per heavy atom. The van der Waals surface area contributed by atoms with Gasteiger partial charge in [0, 0.05) is 16.0 Å². The first-order valence-corrected chi connectivity index (χ1v) is 6.16. The van der Waals surface area contributed by atoms with Gasteiger partial charge in [-0.05, 0) is 34.8 Å². The van der Waals surface area contributed by atoms with E-state index in [1.807, 2.05) is 32.0 Å². The summed E-state index contributed by atoms with van der Waals surface area (Å²) in [4.78, 5) is 12.1. The third-order valence-electron chi connectivity index (χ3n) is 2.63. The highest BCUT2D eigenvalue weighted by atomic mass is 79.9. The molecule has 0 heterocycles. The van der Waals surface area contributed by atoms with E-state index >= 15 is 0 Å². The largest absolute Gasteiger partial charge is 0.294 e. The average molecular weight is 269 g/mol.